The molecule has 1 unspecified atom stereocenters. The van der Waals surface area contributed by atoms with Crippen LogP contribution in [0, 0.1) is 10.1 Å². The van der Waals surface area contributed by atoms with Crippen LogP contribution in [0.3, 0.4) is 0 Å². The molecule has 1 rings (SSSR count). The number of nitrogens with zero attached hydrogens (tertiary/aromatic N) is 1. The van der Waals surface area contributed by atoms with Gasteiger partial charge < -0.3 is 10.2 Å². The third-order valence-corrected chi connectivity index (χ3v) is 2.25. The van der Waals surface area contributed by atoms with Crippen molar-refractivity contribution in [2.45, 2.75) is 25.4 Å². The molecule has 0 amide bonds. The zero-order valence-corrected chi connectivity index (χ0v) is 8.22. The van der Waals surface area contributed by atoms with Crippen LogP contribution in [-0.2, 0) is 0 Å². The quantitative estimate of drug-likeness (QED) is 0.510. The molecule has 82 valence electrons. The average molecular weight is 211 g/mol. The lowest BCUT2D eigenvalue weighted by Crippen LogP contribution is -2.11. The van der Waals surface area contributed by atoms with Crippen molar-refractivity contribution in [3.8, 4) is 0 Å². The minimum Gasteiger partial charge on any atom is -0.508 e. The van der Waals surface area contributed by atoms with Gasteiger partial charge in [-0.25, -0.2) is 0 Å². The first-order valence-electron chi connectivity index (χ1n) is 4.61. The van der Waals surface area contributed by atoms with Crippen LogP contribution in [0.25, 0.3) is 0 Å². The zero-order chi connectivity index (χ0) is 11.4. The van der Waals surface area contributed by atoms with E-state index in [0.717, 1.165) is 0 Å². The van der Waals surface area contributed by atoms with E-state index in [0.29, 0.717) is 18.4 Å². The van der Waals surface area contributed by atoms with E-state index in [2.05, 4.69) is 6.58 Å². The molecule has 0 saturated carbocycles. The fraction of sp³-hybridized carbons (Fsp3) is 0.400. The van der Waals surface area contributed by atoms with Gasteiger partial charge in [-0.05, 0) is 24.5 Å². The van der Waals surface area contributed by atoms with Gasteiger partial charge in [0.25, 0.3) is 0 Å². The standard InChI is InChI=1S/C10H13NO4/c1-7-2-4-9(12)6-8(11(14)15)3-5-10(7)13/h3,5,9,12-13H,1-2,4,6H2/b8-3+,10-5+. The summed E-state index contributed by atoms with van der Waals surface area (Å²) < 4.78 is 0. The molecular weight excluding hydrogens is 198 g/mol. The number of rotatable bonds is 1. The largest absolute Gasteiger partial charge is 0.508 e. The molecule has 0 radical (unpaired) electrons. The normalized spacial score (nSPS) is 30.2. The van der Waals surface area contributed by atoms with Crippen LogP contribution in [0.5, 0.6) is 0 Å². The van der Waals surface area contributed by atoms with Gasteiger partial charge in [0, 0.05) is 6.08 Å². The Bertz CT molecular complexity index is 343. The number of aliphatic hydroxyl groups is 2. The minimum atomic E-state index is -0.766. The van der Waals surface area contributed by atoms with Gasteiger partial charge in [-0.2, -0.15) is 0 Å². The lowest BCUT2D eigenvalue weighted by Gasteiger charge is -2.08. The highest BCUT2D eigenvalue weighted by Gasteiger charge is 2.18. The third kappa shape index (κ3) is 3.21. The van der Waals surface area contributed by atoms with Crippen molar-refractivity contribution in [3.63, 3.8) is 0 Å². The van der Waals surface area contributed by atoms with Gasteiger partial charge in [0.1, 0.15) is 5.76 Å². The molecule has 2 N–H and O–H groups in total. The maximum absolute atomic E-state index is 10.6. The van der Waals surface area contributed by atoms with Crippen LogP contribution in [-0.4, -0.2) is 21.2 Å². The van der Waals surface area contributed by atoms with E-state index in [1.807, 2.05) is 0 Å². The number of nitro groups is 1. The molecule has 15 heavy (non-hydrogen) atoms. The Balaban J connectivity index is 2.95. The van der Waals surface area contributed by atoms with E-state index in [9.17, 15) is 20.3 Å². The summed E-state index contributed by atoms with van der Waals surface area (Å²) in [5.74, 6) is -0.0662. The summed E-state index contributed by atoms with van der Waals surface area (Å²) in [5, 5.41) is 29.4. The van der Waals surface area contributed by atoms with E-state index in [1.165, 1.54) is 12.2 Å². The molecule has 5 nitrogen and oxygen atoms in total. The average Bonchev–Trinajstić information content (AvgIpc) is 2.23. The van der Waals surface area contributed by atoms with Gasteiger partial charge in [0.15, 0.2) is 0 Å². The Morgan fingerprint density at radius 3 is 2.80 bits per heavy atom. The zero-order valence-electron chi connectivity index (χ0n) is 8.22. The van der Waals surface area contributed by atoms with Crippen LogP contribution in [0.4, 0.5) is 0 Å². The minimum absolute atomic E-state index is 0.00986. The second kappa shape index (κ2) is 4.75. The first kappa shape index (κ1) is 11.5. The predicted octanol–water partition coefficient (Wildman–Crippen LogP) is 1.69. The maximum atomic E-state index is 10.6. The molecule has 0 fully saturated rings. The first-order chi connectivity index (χ1) is 7.00. The number of aliphatic hydroxyl groups excluding tert-OH is 2. The van der Waals surface area contributed by atoms with Gasteiger partial charge in [-0.1, -0.05) is 6.58 Å². The van der Waals surface area contributed by atoms with E-state index < -0.39 is 11.0 Å². The van der Waals surface area contributed by atoms with Gasteiger partial charge in [-0.3, -0.25) is 10.1 Å². The molecule has 0 aliphatic heterocycles. The monoisotopic (exact) mass is 211 g/mol. The molecule has 0 aromatic rings. The molecule has 0 spiro atoms. The van der Waals surface area contributed by atoms with Crippen molar-refractivity contribution in [2.24, 2.45) is 0 Å². The second-order valence-corrected chi connectivity index (χ2v) is 3.47. The Hall–Kier alpha value is -1.62. The molecule has 1 atom stereocenters. The Labute approximate surface area is 87.2 Å². The van der Waals surface area contributed by atoms with Crippen molar-refractivity contribution in [2.75, 3.05) is 0 Å². The van der Waals surface area contributed by atoms with Crippen LogP contribution < -0.4 is 0 Å². The van der Waals surface area contributed by atoms with E-state index in [1.54, 1.807) is 0 Å². The van der Waals surface area contributed by atoms with Crippen LogP contribution >= 0.6 is 0 Å². The summed E-state index contributed by atoms with van der Waals surface area (Å²) in [6, 6.07) is 0. The van der Waals surface area contributed by atoms with Gasteiger partial charge >= 0.3 is 0 Å². The van der Waals surface area contributed by atoms with E-state index in [-0.39, 0.29) is 17.9 Å². The van der Waals surface area contributed by atoms with Gasteiger partial charge in [-0.15, -0.1) is 0 Å². The SMILES string of the molecule is C=C1CCC(O)C/C([N+](=O)[O-])=C\C=C/1O. The lowest BCUT2D eigenvalue weighted by molar-refractivity contribution is -0.429. The Kier molecular flexibility index (Phi) is 3.62. The molecule has 5 heteroatoms. The fourth-order valence-corrected chi connectivity index (χ4v) is 1.31. The number of hydrogen-bond acceptors (Lipinski definition) is 4. The van der Waals surface area contributed by atoms with Gasteiger partial charge in [0.05, 0.1) is 17.4 Å². The summed E-state index contributed by atoms with van der Waals surface area (Å²) in [4.78, 5) is 10.0. The molecule has 1 aliphatic carbocycles. The summed E-state index contributed by atoms with van der Waals surface area (Å²) in [6.07, 6.45) is 2.47. The van der Waals surface area contributed by atoms with Crippen molar-refractivity contribution in [3.05, 3.63) is 45.9 Å². The topological polar surface area (TPSA) is 83.6 Å². The van der Waals surface area contributed by atoms with E-state index in [4.69, 9.17) is 0 Å². The highest BCUT2D eigenvalue weighted by molar-refractivity contribution is 5.27. The van der Waals surface area contributed by atoms with E-state index >= 15 is 0 Å². The van der Waals surface area contributed by atoms with Crippen LogP contribution in [0.2, 0.25) is 0 Å². The summed E-state index contributed by atoms with van der Waals surface area (Å²) in [7, 11) is 0. The molecular formula is C10H13NO4. The summed E-state index contributed by atoms with van der Waals surface area (Å²) in [6.45, 7) is 3.61. The first-order valence-corrected chi connectivity index (χ1v) is 4.61. The predicted molar refractivity (Wildman–Crippen MR) is 54.8 cm³/mol. The lowest BCUT2D eigenvalue weighted by atomic mass is 10.1. The Morgan fingerprint density at radius 2 is 2.20 bits per heavy atom. The van der Waals surface area contributed by atoms with Crippen molar-refractivity contribution < 1.29 is 15.1 Å². The molecule has 0 aromatic carbocycles. The Morgan fingerprint density at radius 1 is 1.53 bits per heavy atom. The second-order valence-electron chi connectivity index (χ2n) is 3.47. The number of allylic oxidation sites excluding steroid dienone is 3. The molecule has 0 saturated heterocycles. The molecule has 0 bridgehead atoms. The van der Waals surface area contributed by atoms with Gasteiger partial charge in [0.2, 0.25) is 5.70 Å². The smallest absolute Gasteiger partial charge is 0.248 e. The van der Waals surface area contributed by atoms with Crippen molar-refractivity contribution >= 4 is 0 Å². The highest BCUT2D eigenvalue weighted by atomic mass is 16.6. The molecule has 0 aromatic heterocycles. The molecule has 0 heterocycles. The van der Waals surface area contributed by atoms with Crippen LogP contribution in [0.15, 0.2) is 35.8 Å². The fourth-order valence-electron chi connectivity index (χ4n) is 1.31. The summed E-state index contributed by atoms with van der Waals surface area (Å²) in [5.41, 5.74) is 0.374. The van der Waals surface area contributed by atoms with Crippen molar-refractivity contribution in [1.29, 1.82) is 0 Å². The van der Waals surface area contributed by atoms with Crippen LogP contribution in [0.1, 0.15) is 19.3 Å². The number of hydrogen-bond donors (Lipinski definition) is 2. The third-order valence-electron chi connectivity index (χ3n) is 2.25. The van der Waals surface area contributed by atoms with Crippen molar-refractivity contribution in [1.82, 2.24) is 0 Å². The molecule has 1 aliphatic rings. The maximum Gasteiger partial charge on any atom is 0.248 e. The summed E-state index contributed by atoms with van der Waals surface area (Å²) >= 11 is 0. The highest BCUT2D eigenvalue weighted by Crippen LogP contribution is 2.19.